The lowest BCUT2D eigenvalue weighted by Crippen LogP contribution is -2.45. The van der Waals surface area contributed by atoms with Gasteiger partial charge in [-0.2, -0.15) is 0 Å². The van der Waals surface area contributed by atoms with E-state index in [0.29, 0.717) is 25.7 Å². The van der Waals surface area contributed by atoms with Crippen LogP contribution >= 0.6 is 0 Å². The van der Waals surface area contributed by atoms with Gasteiger partial charge in [0.15, 0.2) is 17.5 Å². The van der Waals surface area contributed by atoms with Crippen molar-refractivity contribution in [3.63, 3.8) is 0 Å². The quantitative estimate of drug-likeness (QED) is 0.600. The maximum atomic E-state index is 5.86. The highest BCUT2D eigenvalue weighted by molar-refractivity contribution is 5.78. The smallest absolute Gasteiger partial charge is 0.188 e. The van der Waals surface area contributed by atoms with Crippen molar-refractivity contribution in [3.05, 3.63) is 23.8 Å². The fraction of sp³-hybridized carbons (Fsp3) is 0.588. The van der Waals surface area contributed by atoms with E-state index in [1.54, 1.807) is 0 Å². The molecule has 124 valence electrons. The Morgan fingerprint density at radius 2 is 1.77 bits per heavy atom. The number of benzene rings is 1. The van der Waals surface area contributed by atoms with E-state index < -0.39 is 0 Å². The molecule has 0 amide bonds. The first-order chi connectivity index (χ1) is 10.4. The van der Waals surface area contributed by atoms with Crippen molar-refractivity contribution >= 4 is 5.96 Å². The van der Waals surface area contributed by atoms with Gasteiger partial charge < -0.3 is 20.5 Å². The van der Waals surface area contributed by atoms with Gasteiger partial charge in [-0.1, -0.05) is 6.07 Å². The normalized spacial score (nSPS) is 12.1. The monoisotopic (exact) mass is 307 g/mol. The minimum Gasteiger partial charge on any atom is -0.490 e. The third-order valence-electron chi connectivity index (χ3n) is 2.79. The van der Waals surface area contributed by atoms with E-state index in [9.17, 15) is 0 Å². The van der Waals surface area contributed by atoms with Crippen LogP contribution < -0.4 is 20.5 Å². The number of hydrogen-bond acceptors (Lipinski definition) is 3. The van der Waals surface area contributed by atoms with E-state index >= 15 is 0 Å². The Morgan fingerprint density at radius 1 is 1.14 bits per heavy atom. The van der Waals surface area contributed by atoms with E-state index in [2.05, 4.69) is 31.1 Å². The molecule has 22 heavy (non-hydrogen) atoms. The summed E-state index contributed by atoms with van der Waals surface area (Å²) in [5.74, 6) is 2.04. The molecule has 1 rings (SSSR count). The largest absolute Gasteiger partial charge is 0.490 e. The number of ether oxygens (including phenoxy) is 2. The average molecular weight is 307 g/mol. The van der Waals surface area contributed by atoms with Crippen LogP contribution in [0.5, 0.6) is 11.5 Å². The van der Waals surface area contributed by atoms with Crippen molar-refractivity contribution < 1.29 is 9.47 Å². The zero-order valence-electron chi connectivity index (χ0n) is 14.4. The summed E-state index contributed by atoms with van der Waals surface area (Å²) in [6.07, 6.45) is 0.805. The molecule has 0 atom stereocenters. The minimum absolute atomic E-state index is 0.0745. The summed E-state index contributed by atoms with van der Waals surface area (Å²) in [7, 11) is 0. The molecule has 5 nitrogen and oxygen atoms in total. The third kappa shape index (κ3) is 6.70. The van der Waals surface area contributed by atoms with Gasteiger partial charge in [-0.15, -0.1) is 0 Å². The molecule has 0 aromatic heterocycles. The predicted molar refractivity (Wildman–Crippen MR) is 91.9 cm³/mol. The Hall–Kier alpha value is -1.91. The Balaban J connectivity index is 2.66. The summed E-state index contributed by atoms with van der Waals surface area (Å²) < 4.78 is 11.2. The number of nitrogens with one attached hydrogen (secondary N) is 1. The molecule has 0 fully saturated rings. The van der Waals surface area contributed by atoms with Crippen LogP contribution in [0.2, 0.25) is 0 Å². The van der Waals surface area contributed by atoms with Crippen LogP contribution in [0.4, 0.5) is 0 Å². The maximum absolute atomic E-state index is 5.86. The molecule has 0 bridgehead atoms. The fourth-order valence-electron chi connectivity index (χ4n) is 1.98. The first-order valence-corrected chi connectivity index (χ1v) is 7.82. The molecule has 0 heterocycles. The molecule has 0 unspecified atom stereocenters. The second-order valence-corrected chi connectivity index (χ2v) is 6.04. The van der Waals surface area contributed by atoms with Gasteiger partial charge in [-0.3, -0.25) is 4.99 Å². The zero-order chi connectivity index (χ0) is 16.6. The molecule has 0 aliphatic heterocycles. The molecule has 0 saturated heterocycles. The van der Waals surface area contributed by atoms with Gasteiger partial charge in [0.1, 0.15) is 0 Å². The molecule has 3 N–H and O–H groups in total. The first-order valence-electron chi connectivity index (χ1n) is 7.82. The summed E-state index contributed by atoms with van der Waals surface area (Å²) in [5, 5.41) is 3.15. The molecular weight excluding hydrogens is 278 g/mol. The average Bonchev–Trinajstić information content (AvgIpc) is 2.40. The van der Waals surface area contributed by atoms with Gasteiger partial charge in [0.25, 0.3) is 0 Å². The predicted octanol–water partition coefficient (Wildman–Crippen LogP) is 2.73. The Labute approximate surface area is 133 Å². The molecule has 1 aromatic carbocycles. The molecule has 1 aromatic rings. The second kappa shape index (κ2) is 8.51. The SMILES string of the molecule is CCOc1ccc(CCN=C(N)NC(C)(C)C)cc1OCC. The van der Waals surface area contributed by atoms with E-state index in [1.807, 2.05) is 32.0 Å². The summed E-state index contributed by atoms with van der Waals surface area (Å²) >= 11 is 0. The molecule has 0 saturated carbocycles. The highest BCUT2D eigenvalue weighted by Gasteiger charge is 2.10. The molecule has 0 aliphatic carbocycles. The van der Waals surface area contributed by atoms with Crippen molar-refractivity contribution in [1.29, 1.82) is 0 Å². The lowest BCUT2D eigenvalue weighted by molar-refractivity contribution is 0.287. The second-order valence-electron chi connectivity index (χ2n) is 6.04. The van der Waals surface area contributed by atoms with Crippen molar-refractivity contribution in [1.82, 2.24) is 5.32 Å². The minimum atomic E-state index is -0.0745. The number of guanidine groups is 1. The van der Waals surface area contributed by atoms with E-state index in [0.717, 1.165) is 23.5 Å². The van der Waals surface area contributed by atoms with Crippen LogP contribution in [0, 0.1) is 0 Å². The number of nitrogens with zero attached hydrogens (tertiary/aromatic N) is 1. The summed E-state index contributed by atoms with van der Waals surface area (Å²) in [4.78, 5) is 4.35. The van der Waals surface area contributed by atoms with Crippen LogP contribution in [0.15, 0.2) is 23.2 Å². The molecule has 5 heteroatoms. The summed E-state index contributed by atoms with van der Waals surface area (Å²) in [6.45, 7) is 12.0. The van der Waals surface area contributed by atoms with Crippen molar-refractivity contribution in [2.75, 3.05) is 19.8 Å². The van der Waals surface area contributed by atoms with E-state index in [4.69, 9.17) is 15.2 Å². The molecule has 0 aliphatic rings. The number of hydrogen-bond donors (Lipinski definition) is 2. The van der Waals surface area contributed by atoms with Crippen LogP contribution in [0.1, 0.15) is 40.2 Å². The number of aliphatic imine (C=N–C) groups is 1. The highest BCUT2D eigenvalue weighted by Crippen LogP contribution is 2.28. The van der Waals surface area contributed by atoms with Gasteiger partial charge in [-0.05, 0) is 58.7 Å². The molecule has 0 radical (unpaired) electrons. The molecule has 0 spiro atoms. The lowest BCUT2D eigenvalue weighted by Gasteiger charge is -2.21. The number of rotatable bonds is 7. The van der Waals surface area contributed by atoms with E-state index in [1.165, 1.54) is 0 Å². The van der Waals surface area contributed by atoms with Crippen LogP contribution in [0.25, 0.3) is 0 Å². The van der Waals surface area contributed by atoms with Gasteiger partial charge in [0.05, 0.1) is 13.2 Å². The zero-order valence-corrected chi connectivity index (χ0v) is 14.4. The van der Waals surface area contributed by atoms with Crippen molar-refractivity contribution in [2.24, 2.45) is 10.7 Å². The lowest BCUT2D eigenvalue weighted by atomic mass is 10.1. The third-order valence-corrected chi connectivity index (χ3v) is 2.79. The standard InChI is InChI=1S/C17H29N3O2/c1-6-21-14-9-8-13(12-15(14)22-7-2)10-11-19-16(18)20-17(3,4)5/h8-9,12H,6-7,10-11H2,1-5H3,(H3,18,19,20). The summed E-state index contributed by atoms with van der Waals surface area (Å²) in [5.41, 5.74) is 6.94. The Kier molecular flexibility index (Phi) is 7.02. The molecular formula is C17H29N3O2. The van der Waals surface area contributed by atoms with Crippen LogP contribution in [0.3, 0.4) is 0 Å². The van der Waals surface area contributed by atoms with Gasteiger partial charge in [-0.25, -0.2) is 0 Å². The Morgan fingerprint density at radius 3 is 2.36 bits per heavy atom. The van der Waals surface area contributed by atoms with Gasteiger partial charge >= 0.3 is 0 Å². The Bertz CT molecular complexity index is 493. The van der Waals surface area contributed by atoms with Gasteiger partial charge in [0.2, 0.25) is 0 Å². The maximum Gasteiger partial charge on any atom is 0.188 e. The summed E-state index contributed by atoms with van der Waals surface area (Å²) in [6, 6.07) is 6.00. The van der Waals surface area contributed by atoms with Crippen LogP contribution in [-0.2, 0) is 6.42 Å². The fourth-order valence-corrected chi connectivity index (χ4v) is 1.98. The highest BCUT2D eigenvalue weighted by atomic mass is 16.5. The first kappa shape index (κ1) is 18.1. The van der Waals surface area contributed by atoms with Gasteiger partial charge in [0, 0.05) is 12.1 Å². The van der Waals surface area contributed by atoms with Crippen molar-refractivity contribution in [3.8, 4) is 11.5 Å². The number of nitrogens with two attached hydrogens (primary N) is 1. The van der Waals surface area contributed by atoms with Crippen molar-refractivity contribution in [2.45, 2.75) is 46.6 Å². The van der Waals surface area contributed by atoms with Crippen LogP contribution in [-0.4, -0.2) is 31.3 Å². The van der Waals surface area contributed by atoms with E-state index in [-0.39, 0.29) is 5.54 Å². The topological polar surface area (TPSA) is 68.9 Å².